The quantitative estimate of drug-likeness (QED) is 0.605. The van der Waals surface area contributed by atoms with E-state index in [1.165, 1.54) is 5.56 Å². The van der Waals surface area contributed by atoms with E-state index in [9.17, 15) is 0 Å². The summed E-state index contributed by atoms with van der Waals surface area (Å²) in [6.45, 7) is 2.03. The molecule has 0 saturated carbocycles. The summed E-state index contributed by atoms with van der Waals surface area (Å²) in [7, 11) is 0. The van der Waals surface area contributed by atoms with E-state index in [4.69, 9.17) is 23.2 Å². The molecule has 0 fully saturated rings. The zero-order valence-electron chi connectivity index (χ0n) is 7.14. The van der Waals surface area contributed by atoms with Gasteiger partial charge < -0.3 is 0 Å². The van der Waals surface area contributed by atoms with Crippen molar-refractivity contribution in [2.24, 2.45) is 0 Å². The summed E-state index contributed by atoms with van der Waals surface area (Å²) in [6.07, 6.45) is 0. The van der Waals surface area contributed by atoms with Crippen molar-refractivity contribution < 1.29 is 0 Å². The summed E-state index contributed by atoms with van der Waals surface area (Å²) >= 11 is 11.9. The van der Waals surface area contributed by atoms with Crippen LogP contribution in [-0.2, 0) is 0 Å². The molecule has 0 spiro atoms. The van der Waals surface area contributed by atoms with Crippen LogP contribution in [-0.4, -0.2) is 0 Å². The smallest absolute Gasteiger partial charge is 0.0598 e. The molecule has 0 amide bonds. The van der Waals surface area contributed by atoms with Crippen molar-refractivity contribution in [2.45, 2.75) is 6.92 Å². The summed E-state index contributed by atoms with van der Waals surface area (Å²) in [5, 5.41) is 1.21. The predicted octanol–water partition coefficient (Wildman–Crippen LogP) is 4.41. The minimum absolute atomic E-state index is 0.603. The van der Waals surface area contributed by atoms with Crippen LogP contribution in [0, 0.1) is 6.92 Å². The Morgan fingerprint density at radius 3 is 2.46 bits per heavy atom. The fraction of sp³-hybridized carbons (Fsp3) is 0.0909. The molecule has 2 aliphatic carbocycles. The Bertz CT molecular complexity index is 421. The van der Waals surface area contributed by atoms with Gasteiger partial charge in [0.1, 0.15) is 0 Å². The van der Waals surface area contributed by atoms with Gasteiger partial charge in [0.2, 0.25) is 0 Å². The average Bonchev–Trinajstić information content (AvgIpc) is 2.48. The first-order chi connectivity index (χ1) is 6.18. The average molecular weight is 211 g/mol. The molecule has 13 heavy (non-hydrogen) atoms. The number of hydrogen-bond acceptors (Lipinski definition) is 0. The van der Waals surface area contributed by atoms with Crippen LogP contribution in [0.2, 0.25) is 10.0 Å². The van der Waals surface area contributed by atoms with Gasteiger partial charge in [-0.05, 0) is 35.7 Å². The van der Waals surface area contributed by atoms with Crippen LogP contribution in [0.15, 0.2) is 30.3 Å². The lowest BCUT2D eigenvalue weighted by molar-refractivity contribution is 1.52. The lowest BCUT2D eigenvalue weighted by atomic mass is 10.1. The van der Waals surface area contributed by atoms with Gasteiger partial charge in [-0.3, -0.25) is 0 Å². The van der Waals surface area contributed by atoms with Gasteiger partial charge in [-0.2, -0.15) is 0 Å². The SMILES string of the molecule is Cc1cc(Cl)c(Cl)cc2cccc1-2. The molecule has 0 aromatic carbocycles. The summed E-state index contributed by atoms with van der Waals surface area (Å²) in [5.74, 6) is 0. The molecule has 0 N–H and O–H groups in total. The van der Waals surface area contributed by atoms with Crippen LogP contribution in [0.4, 0.5) is 0 Å². The van der Waals surface area contributed by atoms with Crippen LogP contribution in [0.3, 0.4) is 0 Å². The lowest BCUT2D eigenvalue weighted by Crippen LogP contribution is -1.70. The summed E-state index contributed by atoms with van der Waals surface area (Å²) in [5.41, 5.74) is 3.49. The first-order valence-corrected chi connectivity index (χ1v) is 4.78. The molecule has 0 aromatic rings. The number of fused-ring (bicyclic) bond motifs is 1. The first kappa shape index (κ1) is 8.86. The molecule has 0 radical (unpaired) electrons. The standard InChI is InChI=1S/C11H8Cl2/c1-7-5-10(12)11(13)6-8-3-2-4-9(7)8/h2-6H,1H3. The molecule has 0 unspecified atom stereocenters. The largest absolute Gasteiger partial charge is 0.0827 e. The highest BCUT2D eigenvalue weighted by Gasteiger charge is 2.06. The molecule has 0 heterocycles. The summed E-state index contributed by atoms with van der Waals surface area (Å²) < 4.78 is 0. The molecular formula is C11H8Cl2. The van der Waals surface area contributed by atoms with Crippen LogP contribution in [0.5, 0.6) is 0 Å². The maximum absolute atomic E-state index is 5.97. The Balaban J connectivity index is 2.83. The highest BCUT2D eigenvalue weighted by Crippen LogP contribution is 2.32. The summed E-state index contributed by atoms with van der Waals surface area (Å²) in [6, 6.07) is 9.90. The Kier molecular flexibility index (Phi) is 2.19. The zero-order chi connectivity index (χ0) is 9.42. The molecule has 0 aliphatic heterocycles. The first-order valence-electron chi connectivity index (χ1n) is 4.03. The van der Waals surface area contributed by atoms with Crippen molar-refractivity contribution in [3.05, 3.63) is 45.9 Å². The maximum atomic E-state index is 5.97. The Hall–Kier alpha value is -0.720. The fourth-order valence-electron chi connectivity index (χ4n) is 1.46. The van der Waals surface area contributed by atoms with Crippen LogP contribution in [0.1, 0.15) is 5.56 Å². The van der Waals surface area contributed by atoms with Gasteiger partial charge in [0.05, 0.1) is 10.0 Å². The van der Waals surface area contributed by atoms with Crippen molar-refractivity contribution in [1.82, 2.24) is 0 Å². The summed E-state index contributed by atoms with van der Waals surface area (Å²) in [4.78, 5) is 0. The van der Waals surface area contributed by atoms with Gasteiger partial charge in [-0.25, -0.2) is 0 Å². The third-order valence-electron chi connectivity index (χ3n) is 2.13. The van der Waals surface area contributed by atoms with Crippen LogP contribution in [0.25, 0.3) is 11.1 Å². The zero-order valence-corrected chi connectivity index (χ0v) is 8.65. The molecule has 2 rings (SSSR count). The van der Waals surface area contributed by atoms with Gasteiger partial charge in [0.15, 0.2) is 0 Å². The van der Waals surface area contributed by atoms with E-state index in [0.29, 0.717) is 10.0 Å². The predicted molar refractivity (Wildman–Crippen MR) is 57.8 cm³/mol. The van der Waals surface area contributed by atoms with E-state index in [2.05, 4.69) is 6.07 Å². The number of halogens is 2. The molecule has 0 atom stereocenters. The number of rotatable bonds is 0. The highest BCUT2D eigenvalue weighted by atomic mass is 35.5. The van der Waals surface area contributed by atoms with Crippen molar-refractivity contribution in [1.29, 1.82) is 0 Å². The Labute approximate surface area is 87.4 Å². The van der Waals surface area contributed by atoms with E-state index < -0.39 is 0 Å². The Morgan fingerprint density at radius 2 is 1.69 bits per heavy atom. The van der Waals surface area contributed by atoms with E-state index in [1.54, 1.807) is 0 Å². The molecule has 0 saturated heterocycles. The molecule has 0 bridgehead atoms. The minimum Gasteiger partial charge on any atom is -0.0827 e. The highest BCUT2D eigenvalue weighted by molar-refractivity contribution is 6.42. The fourth-order valence-corrected chi connectivity index (χ4v) is 1.85. The number of aryl methyl sites for hydroxylation is 1. The maximum Gasteiger partial charge on any atom is 0.0598 e. The van der Waals surface area contributed by atoms with Crippen molar-refractivity contribution in [3.63, 3.8) is 0 Å². The van der Waals surface area contributed by atoms with Crippen molar-refractivity contribution in [3.8, 4) is 11.1 Å². The second-order valence-electron chi connectivity index (χ2n) is 3.06. The van der Waals surface area contributed by atoms with Gasteiger partial charge in [0.25, 0.3) is 0 Å². The second kappa shape index (κ2) is 3.21. The van der Waals surface area contributed by atoms with Crippen molar-refractivity contribution in [2.75, 3.05) is 0 Å². The van der Waals surface area contributed by atoms with Gasteiger partial charge >= 0.3 is 0 Å². The molecule has 66 valence electrons. The van der Waals surface area contributed by atoms with Crippen LogP contribution < -0.4 is 0 Å². The normalized spacial score (nSPS) is 10.7. The topological polar surface area (TPSA) is 0 Å². The molecule has 2 aliphatic rings. The molecule has 0 nitrogen and oxygen atoms in total. The van der Waals surface area contributed by atoms with E-state index >= 15 is 0 Å². The van der Waals surface area contributed by atoms with Crippen molar-refractivity contribution >= 4 is 23.2 Å². The van der Waals surface area contributed by atoms with Gasteiger partial charge in [0, 0.05) is 0 Å². The molecule has 0 aromatic heterocycles. The van der Waals surface area contributed by atoms with Gasteiger partial charge in [-0.15, -0.1) is 0 Å². The Morgan fingerprint density at radius 1 is 1.00 bits per heavy atom. The lowest BCUT2D eigenvalue weighted by Gasteiger charge is -1.94. The monoisotopic (exact) mass is 210 g/mol. The van der Waals surface area contributed by atoms with E-state index in [-0.39, 0.29) is 0 Å². The third-order valence-corrected chi connectivity index (χ3v) is 2.85. The number of hydrogen-bond donors (Lipinski definition) is 0. The van der Waals surface area contributed by atoms with E-state index in [0.717, 1.165) is 11.1 Å². The van der Waals surface area contributed by atoms with E-state index in [1.807, 2.05) is 31.2 Å². The second-order valence-corrected chi connectivity index (χ2v) is 3.88. The van der Waals surface area contributed by atoms with Crippen LogP contribution >= 0.6 is 23.2 Å². The van der Waals surface area contributed by atoms with Gasteiger partial charge in [-0.1, -0.05) is 41.4 Å². The third kappa shape index (κ3) is 1.52. The minimum atomic E-state index is 0.603. The molecular weight excluding hydrogens is 203 g/mol. The molecule has 2 heteroatoms.